The van der Waals surface area contributed by atoms with Gasteiger partial charge in [-0.1, -0.05) is 12.1 Å². The average Bonchev–Trinajstić information content (AvgIpc) is 2.72. The predicted molar refractivity (Wildman–Crippen MR) is 78.4 cm³/mol. The van der Waals surface area contributed by atoms with Gasteiger partial charge in [-0.25, -0.2) is 4.39 Å². The molecule has 1 aromatic carbocycles. The van der Waals surface area contributed by atoms with Gasteiger partial charge in [0.15, 0.2) is 0 Å². The molecule has 1 nitrogen and oxygen atoms in total. The zero-order chi connectivity index (χ0) is 13.1. The van der Waals surface area contributed by atoms with Gasteiger partial charge in [0.25, 0.3) is 0 Å². The van der Waals surface area contributed by atoms with Crippen LogP contribution < -0.4 is 5.32 Å². The molecule has 96 valence electrons. The molecule has 0 fully saturated rings. The van der Waals surface area contributed by atoms with Crippen molar-refractivity contribution in [3.63, 3.8) is 0 Å². The molecule has 0 saturated heterocycles. The van der Waals surface area contributed by atoms with E-state index in [0.717, 1.165) is 23.1 Å². The second kappa shape index (κ2) is 5.95. The molecule has 1 N–H and O–H groups in total. The van der Waals surface area contributed by atoms with Crippen LogP contribution in [0.3, 0.4) is 0 Å². The number of hydrogen-bond acceptors (Lipinski definition) is 2. The first-order valence-corrected chi connectivity index (χ1v) is 7.43. The zero-order valence-electron chi connectivity index (χ0n) is 10.4. The predicted octanol–water partition coefficient (Wildman–Crippen LogP) is 4.56. The summed E-state index contributed by atoms with van der Waals surface area (Å²) in [6, 6.07) is 5.85. The maximum atomic E-state index is 13.5. The minimum Gasteiger partial charge on any atom is -0.308 e. The van der Waals surface area contributed by atoms with Gasteiger partial charge in [0.05, 0.1) is 0 Å². The van der Waals surface area contributed by atoms with Crippen molar-refractivity contribution in [1.29, 1.82) is 0 Å². The molecule has 2 aromatic rings. The number of nitrogens with one attached hydrogen (secondary N) is 1. The van der Waals surface area contributed by atoms with Gasteiger partial charge in [0, 0.05) is 22.4 Å². The Morgan fingerprint density at radius 3 is 2.44 bits per heavy atom. The van der Waals surface area contributed by atoms with Crippen molar-refractivity contribution >= 4 is 27.3 Å². The second-order valence-electron chi connectivity index (χ2n) is 4.34. The maximum absolute atomic E-state index is 13.5. The maximum Gasteiger partial charge on any atom is 0.129 e. The Kier molecular flexibility index (Phi) is 4.54. The summed E-state index contributed by atoms with van der Waals surface area (Å²) in [6.07, 6.45) is 0. The van der Waals surface area contributed by atoms with E-state index in [1.54, 1.807) is 11.3 Å². The zero-order valence-corrected chi connectivity index (χ0v) is 12.8. The topological polar surface area (TPSA) is 12.0 Å². The number of hydrogen-bond donors (Lipinski definition) is 1. The molecule has 4 heteroatoms. The standard InChI is InChI=1S/C14H15BrFNS/c1-9-5-11(6-10(2)14(9)16)7-17-8-13-12(15)3-4-18-13/h3-6,17H,7-8H2,1-2H3. The highest BCUT2D eigenvalue weighted by Gasteiger charge is 2.05. The van der Waals surface area contributed by atoms with E-state index in [-0.39, 0.29) is 5.82 Å². The molecule has 0 bridgehead atoms. The van der Waals surface area contributed by atoms with E-state index >= 15 is 0 Å². The molecule has 2 rings (SSSR count). The highest BCUT2D eigenvalue weighted by Crippen LogP contribution is 2.22. The molecular formula is C14H15BrFNS. The Bertz CT molecular complexity index is 527. The largest absolute Gasteiger partial charge is 0.308 e. The van der Waals surface area contributed by atoms with E-state index in [1.807, 2.05) is 32.0 Å². The lowest BCUT2D eigenvalue weighted by atomic mass is 10.1. The van der Waals surface area contributed by atoms with Crippen LogP contribution in [0, 0.1) is 19.7 Å². The Balaban J connectivity index is 1.97. The fraction of sp³-hybridized carbons (Fsp3) is 0.286. The summed E-state index contributed by atoms with van der Waals surface area (Å²) in [4.78, 5) is 1.28. The number of benzene rings is 1. The summed E-state index contributed by atoms with van der Waals surface area (Å²) < 4.78 is 14.6. The van der Waals surface area contributed by atoms with Crippen LogP contribution in [0.15, 0.2) is 28.1 Å². The third-order valence-electron chi connectivity index (χ3n) is 2.80. The van der Waals surface area contributed by atoms with Crippen LogP contribution in [0.4, 0.5) is 4.39 Å². The van der Waals surface area contributed by atoms with Crippen molar-refractivity contribution in [1.82, 2.24) is 5.32 Å². The summed E-state index contributed by atoms with van der Waals surface area (Å²) in [6.45, 7) is 5.20. The Hall–Kier alpha value is -0.710. The number of rotatable bonds is 4. The lowest BCUT2D eigenvalue weighted by Crippen LogP contribution is -2.12. The highest BCUT2D eigenvalue weighted by atomic mass is 79.9. The number of aryl methyl sites for hydroxylation is 2. The minimum atomic E-state index is -0.0975. The molecule has 0 atom stereocenters. The van der Waals surface area contributed by atoms with Gasteiger partial charge in [-0.3, -0.25) is 0 Å². The number of halogens is 2. The molecule has 0 radical (unpaired) electrons. The third kappa shape index (κ3) is 3.19. The van der Waals surface area contributed by atoms with E-state index in [0.29, 0.717) is 11.1 Å². The Morgan fingerprint density at radius 1 is 1.22 bits per heavy atom. The van der Waals surface area contributed by atoms with E-state index < -0.39 is 0 Å². The first-order chi connectivity index (χ1) is 8.58. The fourth-order valence-corrected chi connectivity index (χ4v) is 3.37. The van der Waals surface area contributed by atoms with Crippen molar-refractivity contribution in [2.75, 3.05) is 0 Å². The molecular weight excluding hydrogens is 313 g/mol. The number of thiophene rings is 1. The lowest BCUT2D eigenvalue weighted by molar-refractivity contribution is 0.606. The van der Waals surface area contributed by atoms with Gasteiger partial charge in [0.1, 0.15) is 5.82 Å². The summed E-state index contributed by atoms with van der Waals surface area (Å²) in [5, 5.41) is 5.44. The lowest BCUT2D eigenvalue weighted by Gasteiger charge is -2.08. The molecule has 0 unspecified atom stereocenters. The molecule has 1 aromatic heterocycles. The first-order valence-electron chi connectivity index (χ1n) is 5.76. The van der Waals surface area contributed by atoms with Gasteiger partial charge in [-0.05, 0) is 57.9 Å². The van der Waals surface area contributed by atoms with Crippen molar-refractivity contribution in [3.05, 3.63) is 55.4 Å². The van der Waals surface area contributed by atoms with Crippen LogP contribution in [0.2, 0.25) is 0 Å². The quantitative estimate of drug-likeness (QED) is 0.868. The molecule has 0 spiro atoms. The summed E-state index contributed by atoms with van der Waals surface area (Å²) in [5.74, 6) is -0.0975. The SMILES string of the molecule is Cc1cc(CNCc2sccc2Br)cc(C)c1F. The molecule has 1 heterocycles. The van der Waals surface area contributed by atoms with E-state index in [9.17, 15) is 4.39 Å². The molecule has 18 heavy (non-hydrogen) atoms. The summed E-state index contributed by atoms with van der Waals surface area (Å²) >= 11 is 5.23. The normalized spacial score (nSPS) is 10.9. The van der Waals surface area contributed by atoms with Crippen LogP contribution in [0.25, 0.3) is 0 Å². The average molecular weight is 328 g/mol. The molecule has 0 aliphatic carbocycles. The van der Waals surface area contributed by atoms with E-state index in [2.05, 4.69) is 26.6 Å². The Morgan fingerprint density at radius 2 is 1.89 bits per heavy atom. The van der Waals surface area contributed by atoms with Gasteiger partial charge in [-0.2, -0.15) is 0 Å². The summed E-state index contributed by atoms with van der Waals surface area (Å²) in [7, 11) is 0. The molecule has 0 aliphatic rings. The smallest absolute Gasteiger partial charge is 0.129 e. The molecule has 0 saturated carbocycles. The van der Waals surface area contributed by atoms with E-state index in [1.165, 1.54) is 4.88 Å². The van der Waals surface area contributed by atoms with Crippen LogP contribution in [-0.2, 0) is 13.1 Å². The van der Waals surface area contributed by atoms with Gasteiger partial charge < -0.3 is 5.32 Å². The summed E-state index contributed by atoms with van der Waals surface area (Å²) in [5.41, 5.74) is 2.55. The van der Waals surface area contributed by atoms with Gasteiger partial charge in [0.2, 0.25) is 0 Å². The van der Waals surface area contributed by atoms with Crippen LogP contribution in [-0.4, -0.2) is 0 Å². The minimum absolute atomic E-state index is 0.0975. The molecule has 0 amide bonds. The van der Waals surface area contributed by atoms with E-state index in [4.69, 9.17) is 0 Å². The van der Waals surface area contributed by atoms with Crippen molar-refractivity contribution in [2.24, 2.45) is 0 Å². The van der Waals surface area contributed by atoms with Crippen molar-refractivity contribution in [3.8, 4) is 0 Å². The fourth-order valence-electron chi connectivity index (χ4n) is 1.91. The monoisotopic (exact) mass is 327 g/mol. The third-order valence-corrected chi connectivity index (χ3v) is 4.73. The first kappa shape index (κ1) is 13.7. The van der Waals surface area contributed by atoms with Crippen molar-refractivity contribution < 1.29 is 4.39 Å². The van der Waals surface area contributed by atoms with Crippen molar-refractivity contribution in [2.45, 2.75) is 26.9 Å². The second-order valence-corrected chi connectivity index (χ2v) is 6.19. The Labute approximate surface area is 119 Å². The molecule has 0 aliphatic heterocycles. The van der Waals surface area contributed by atoms with Gasteiger partial charge >= 0.3 is 0 Å². The van der Waals surface area contributed by atoms with Crippen LogP contribution >= 0.6 is 27.3 Å². The van der Waals surface area contributed by atoms with Crippen LogP contribution in [0.5, 0.6) is 0 Å². The van der Waals surface area contributed by atoms with Crippen LogP contribution in [0.1, 0.15) is 21.6 Å². The van der Waals surface area contributed by atoms with Gasteiger partial charge in [-0.15, -0.1) is 11.3 Å². The highest BCUT2D eigenvalue weighted by molar-refractivity contribution is 9.10.